The van der Waals surface area contributed by atoms with Gasteiger partial charge >= 0.3 is 7.12 Å². The number of ether oxygens (including phenoxy) is 1. The number of hydrogen-bond acceptors (Lipinski definition) is 8. The van der Waals surface area contributed by atoms with E-state index in [2.05, 4.69) is 55.5 Å². The smallest absolute Gasteiger partial charge is 0.481 e. The molecule has 4 fully saturated rings. The number of aliphatic imine (C=N–C) groups is 1. The molecular formula is C29H44BFN6O6. The zero-order chi connectivity index (χ0) is 31.5. The molecule has 1 aromatic rings. The van der Waals surface area contributed by atoms with Crippen LogP contribution in [0.25, 0.3) is 0 Å². The Labute approximate surface area is 252 Å². The maximum Gasteiger partial charge on any atom is 0.481 e. The molecule has 43 heavy (non-hydrogen) atoms. The SMILES string of the molecule is COc1ccc(C(=O)N[C@@H](CCCN=C(N)NN=O)C(=O)N[C@@H](CC(C)C)B2O[C@@H]3C[C@@H]4C[C@@H](C4(C)C)[C@]3(C)O2)cc1F. The summed E-state index contributed by atoms with van der Waals surface area (Å²) >= 11 is 0. The van der Waals surface area contributed by atoms with Crippen LogP contribution in [0.3, 0.4) is 0 Å². The number of nitrogens with two attached hydrogens (primary N) is 1. The largest absolute Gasteiger partial charge is 0.494 e. The first-order valence-corrected chi connectivity index (χ1v) is 15.0. The minimum atomic E-state index is -0.980. The molecule has 3 aliphatic carbocycles. The van der Waals surface area contributed by atoms with Crippen LogP contribution in [0.1, 0.15) is 77.1 Å². The molecular weight excluding hydrogens is 558 g/mol. The summed E-state index contributed by atoms with van der Waals surface area (Å²) in [6.45, 7) is 11.0. The van der Waals surface area contributed by atoms with Gasteiger partial charge in [0.15, 0.2) is 11.6 Å². The van der Waals surface area contributed by atoms with Gasteiger partial charge < -0.3 is 30.4 Å². The number of benzene rings is 1. The second-order valence-corrected chi connectivity index (χ2v) is 13.1. The minimum Gasteiger partial charge on any atom is -0.494 e. The summed E-state index contributed by atoms with van der Waals surface area (Å²) in [5, 5.41) is 8.30. The lowest BCUT2D eigenvalue weighted by Gasteiger charge is -2.64. The van der Waals surface area contributed by atoms with Gasteiger partial charge in [0.25, 0.3) is 5.91 Å². The summed E-state index contributed by atoms with van der Waals surface area (Å²) in [4.78, 5) is 41.2. The Morgan fingerprint density at radius 3 is 2.60 bits per heavy atom. The number of carbonyl (C=O) groups is 2. The third-order valence-corrected chi connectivity index (χ3v) is 9.48. The number of nitroso groups, excluding NO2 is 1. The van der Waals surface area contributed by atoms with Crippen molar-refractivity contribution < 1.29 is 28.0 Å². The lowest BCUT2D eigenvalue weighted by Crippen LogP contribution is -2.65. The summed E-state index contributed by atoms with van der Waals surface area (Å²) in [6, 6.07) is 2.85. The minimum absolute atomic E-state index is 0.00276. The van der Waals surface area contributed by atoms with Gasteiger partial charge in [-0.15, -0.1) is 4.91 Å². The molecule has 14 heteroatoms. The van der Waals surface area contributed by atoms with Crippen LogP contribution in [0.2, 0.25) is 0 Å². The van der Waals surface area contributed by atoms with Gasteiger partial charge in [-0.25, -0.2) is 9.82 Å². The molecule has 5 rings (SSSR count). The number of amides is 2. The Morgan fingerprint density at radius 1 is 1.23 bits per heavy atom. The molecule has 4 aliphatic rings. The zero-order valence-electron chi connectivity index (χ0n) is 25.8. The Bertz CT molecular complexity index is 1230. The van der Waals surface area contributed by atoms with Gasteiger partial charge in [-0.3, -0.25) is 14.6 Å². The molecule has 6 atom stereocenters. The molecule has 1 aliphatic heterocycles. The van der Waals surface area contributed by atoms with Crippen LogP contribution in [0.15, 0.2) is 28.5 Å². The average molecular weight is 603 g/mol. The van der Waals surface area contributed by atoms with Crippen LogP contribution >= 0.6 is 0 Å². The highest BCUT2D eigenvalue weighted by Crippen LogP contribution is 2.65. The van der Waals surface area contributed by atoms with Crippen LogP contribution in [0.4, 0.5) is 4.39 Å². The van der Waals surface area contributed by atoms with Crippen molar-refractivity contribution in [1.29, 1.82) is 0 Å². The molecule has 1 aromatic carbocycles. The number of nitrogens with zero attached hydrogens (tertiary/aromatic N) is 2. The number of halogens is 1. The van der Waals surface area contributed by atoms with E-state index in [1.165, 1.54) is 19.2 Å². The number of carbonyl (C=O) groups excluding carboxylic acids is 2. The Balaban J connectivity index is 1.49. The first-order valence-electron chi connectivity index (χ1n) is 15.0. The van der Waals surface area contributed by atoms with Crippen molar-refractivity contribution in [2.75, 3.05) is 13.7 Å². The van der Waals surface area contributed by atoms with E-state index < -0.39 is 42.3 Å². The number of rotatable bonds is 13. The second-order valence-electron chi connectivity index (χ2n) is 13.1. The van der Waals surface area contributed by atoms with Gasteiger partial charge in [0.2, 0.25) is 11.9 Å². The summed E-state index contributed by atoms with van der Waals surface area (Å²) in [5.41, 5.74) is 7.35. The van der Waals surface area contributed by atoms with Crippen LogP contribution in [0, 0.1) is 33.9 Å². The molecule has 1 saturated heterocycles. The van der Waals surface area contributed by atoms with Crippen molar-refractivity contribution in [3.05, 3.63) is 34.5 Å². The van der Waals surface area contributed by atoms with Crippen LogP contribution in [-0.4, -0.2) is 62.2 Å². The molecule has 2 amide bonds. The van der Waals surface area contributed by atoms with E-state index in [9.17, 15) is 18.9 Å². The van der Waals surface area contributed by atoms with Crippen molar-refractivity contribution in [1.82, 2.24) is 16.1 Å². The van der Waals surface area contributed by atoms with Crippen molar-refractivity contribution >= 4 is 24.9 Å². The fourth-order valence-electron chi connectivity index (χ4n) is 7.00. The number of methoxy groups -OCH3 is 1. The monoisotopic (exact) mass is 602 g/mol. The third kappa shape index (κ3) is 6.95. The Kier molecular flexibility index (Phi) is 10.00. The fourth-order valence-corrected chi connectivity index (χ4v) is 7.00. The van der Waals surface area contributed by atoms with E-state index in [0.717, 1.165) is 18.9 Å². The highest BCUT2D eigenvalue weighted by atomic mass is 19.1. The molecule has 236 valence electrons. The van der Waals surface area contributed by atoms with Crippen molar-refractivity contribution in [2.45, 2.75) is 90.4 Å². The van der Waals surface area contributed by atoms with E-state index in [0.29, 0.717) is 24.7 Å². The molecule has 12 nitrogen and oxygen atoms in total. The van der Waals surface area contributed by atoms with Gasteiger partial charge in [0, 0.05) is 12.1 Å². The van der Waals surface area contributed by atoms with Gasteiger partial charge in [-0.2, -0.15) is 0 Å². The predicted octanol–water partition coefficient (Wildman–Crippen LogP) is 3.10. The first-order chi connectivity index (χ1) is 20.3. The molecule has 1 heterocycles. The molecule has 0 unspecified atom stereocenters. The second kappa shape index (κ2) is 13.2. The fraction of sp³-hybridized carbons (Fsp3) is 0.690. The maximum absolute atomic E-state index is 14.3. The number of nitrogens with one attached hydrogen (secondary N) is 3. The van der Waals surface area contributed by atoms with Crippen LogP contribution in [-0.2, 0) is 14.1 Å². The predicted molar refractivity (Wildman–Crippen MR) is 160 cm³/mol. The first kappa shape index (κ1) is 32.7. The molecule has 0 aromatic heterocycles. The van der Waals surface area contributed by atoms with Crippen molar-refractivity contribution in [3.63, 3.8) is 0 Å². The van der Waals surface area contributed by atoms with Gasteiger partial charge in [-0.1, -0.05) is 27.7 Å². The van der Waals surface area contributed by atoms with E-state index >= 15 is 0 Å². The Hall–Kier alpha value is -3.26. The zero-order valence-corrected chi connectivity index (χ0v) is 25.8. The summed E-state index contributed by atoms with van der Waals surface area (Å²) in [6.07, 6.45) is 3.14. The van der Waals surface area contributed by atoms with Crippen LogP contribution in [0.5, 0.6) is 5.75 Å². The highest BCUT2D eigenvalue weighted by molar-refractivity contribution is 6.48. The molecule has 0 spiro atoms. The topological polar surface area (TPSA) is 166 Å². The summed E-state index contributed by atoms with van der Waals surface area (Å²) < 4.78 is 32.4. The molecule has 2 bridgehead atoms. The van der Waals surface area contributed by atoms with E-state index in [1.54, 1.807) is 0 Å². The molecule has 0 radical (unpaired) electrons. The van der Waals surface area contributed by atoms with Crippen molar-refractivity contribution in [3.8, 4) is 5.75 Å². The maximum atomic E-state index is 14.3. The summed E-state index contributed by atoms with van der Waals surface area (Å²) in [7, 11) is 0.703. The molecule has 5 N–H and O–H groups in total. The van der Waals surface area contributed by atoms with E-state index in [4.69, 9.17) is 19.8 Å². The van der Waals surface area contributed by atoms with E-state index in [1.807, 2.05) is 5.43 Å². The number of guanidine groups is 1. The van der Waals surface area contributed by atoms with Gasteiger partial charge in [0.1, 0.15) is 6.04 Å². The van der Waals surface area contributed by atoms with Crippen LogP contribution < -0.4 is 26.5 Å². The quantitative estimate of drug-likeness (QED) is 0.0668. The lowest BCUT2D eigenvalue weighted by molar-refractivity contribution is -0.199. The van der Waals surface area contributed by atoms with Gasteiger partial charge in [-0.05, 0) is 80.4 Å². The molecule has 3 saturated carbocycles. The standard InChI is InChI=1S/C29H44BFN6O6/c1-16(2)12-24(30-42-23-15-18-14-22(28(18,3)4)29(23,5)43-30)35-26(39)20(8-7-11-33-27(32)36-37-40)34-25(38)17-9-10-21(41-6)19(31)13-17/h9-10,13,16,18,20,22-24H,7-8,11-12,14-15H2,1-6H3,(H,34,38)(H,35,39)(H3,32,33,36,40)/t18-,20-,22-,23+,24-,29-/m0/s1. The van der Waals surface area contributed by atoms with E-state index in [-0.39, 0.29) is 47.7 Å². The van der Waals surface area contributed by atoms with Gasteiger partial charge in [0.05, 0.1) is 30.0 Å². The third-order valence-electron chi connectivity index (χ3n) is 9.48. The summed E-state index contributed by atoms with van der Waals surface area (Å²) in [5.74, 6) is -1.15. The normalized spacial score (nSPS) is 27.0. The Morgan fingerprint density at radius 2 is 1.98 bits per heavy atom. The average Bonchev–Trinajstić information content (AvgIpc) is 3.31. The number of hydrogen-bond donors (Lipinski definition) is 4. The highest BCUT2D eigenvalue weighted by Gasteiger charge is 2.68. The van der Waals surface area contributed by atoms with Crippen molar-refractivity contribution in [2.24, 2.45) is 39.2 Å². The lowest BCUT2D eigenvalue weighted by atomic mass is 9.43.